The van der Waals surface area contributed by atoms with Gasteiger partial charge in [0, 0.05) is 32.7 Å². The van der Waals surface area contributed by atoms with Crippen molar-refractivity contribution < 1.29 is 37.5 Å². The molecule has 0 aliphatic carbocycles. The first-order chi connectivity index (χ1) is 1.73. The van der Waals surface area contributed by atoms with Gasteiger partial charge in [0.1, 0.15) is 5.37 Å². The van der Waals surface area contributed by atoms with Crippen LogP contribution in [0.5, 0.6) is 0 Å². The largest absolute Gasteiger partial charge is 0.654 e. The Morgan fingerprint density at radius 3 is 1.80 bits per heavy atom. The third-order valence-corrected chi connectivity index (χ3v) is 0. The maximum absolute atomic E-state index is 8.88. The number of hydrogen-bond donors (Lipinski definition) is 0. The topological polar surface area (TPSA) is 40.9 Å². The zero-order valence-electron chi connectivity index (χ0n) is 2.36. The minimum Gasteiger partial charge on any atom is -0.654 e. The van der Waals surface area contributed by atoms with E-state index >= 15 is 0 Å². The normalized spacial score (nSPS) is 5.00. The van der Waals surface area contributed by atoms with E-state index in [0.717, 1.165) is 0 Å². The maximum Gasteiger partial charge on any atom is 0.140 e. The van der Waals surface area contributed by atoms with E-state index in [0.29, 0.717) is 0 Å². The number of nitrogens with one attached hydrogen (secondary N) is 1. The summed E-state index contributed by atoms with van der Waals surface area (Å²) < 4.78 is 0. The molecule has 0 aliphatic rings. The van der Waals surface area contributed by atoms with Crippen molar-refractivity contribution in [2.24, 2.45) is 0 Å². The van der Waals surface area contributed by atoms with E-state index in [1.165, 1.54) is 0 Å². The average molecular weight is 167 g/mol. The Labute approximate surface area is 59.9 Å². The molecule has 0 bridgehead atoms. The zero-order chi connectivity index (χ0) is 3.58. The van der Waals surface area contributed by atoms with Gasteiger partial charge in [-0.3, -0.25) is 0 Å². The standard InChI is InChI=1S/CH2ClNO.Y/c2-1(3)4;/h(H2,3,4);/p-1. The van der Waals surface area contributed by atoms with E-state index in [1.54, 1.807) is 0 Å². The second kappa shape index (κ2) is 4.86. The van der Waals surface area contributed by atoms with Crippen LogP contribution in [0.4, 0.5) is 4.79 Å². The van der Waals surface area contributed by atoms with Crippen molar-refractivity contribution in [3.8, 4) is 0 Å². The third-order valence-electron chi connectivity index (χ3n) is 0. The molecule has 0 saturated carbocycles. The summed E-state index contributed by atoms with van der Waals surface area (Å²) in [4.78, 5) is 8.88. The summed E-state index contributed by atoms with van der Waals surface area (Å²) in [7, 11) is 0. The van der Waals surface area contributed by atoms with Crippen LogP contribution in [-0.4, -0.2) is 5.37 Å². The van der Waals surface area contributed by atoms with Crippen LogP contribution in [-0.2, 0) is 32.7 Å². The van der Waals surface area contributed by atoms with Crippen LogP contribution in [0.2, 0.25) is 0 Å². The molecule has 0 spiro atoms. The molecule has 1 amide bonds. The molecule has 0 heterocycles. The van der Waals surface area contributed by atoms with Crippen molar-refractivity contribution >= 4 is 17.0 Å². The Bertz CT molecular complexity index is 34.6. The summed E-state index contributed by atoms with van der Waals surface area (Å²) in [6.07, 6.45) is 0. The van der Waals surface area contributed by atoms with Gasteiger partial charge in [-0.15, -0.1) is 0 Å². The molecule has 27 valence electrons. The van der Waals surface area contributed by atoms with Crippen LogP contribution in [0.25, 0.3) is 5.73 Å². The van der Waals surface area contributed by atoms with E-state index < -0.39 is 5.37 Å². The molecular weight excluding hydrogens is 166 g/mol. The second-order valence-corrected chi connectivity index (χ2v) is 0.617. The molecule has 1 radical (unpaired) electrons. The van der Waals surface area contributed by atoms with Crippen molar-refractivity contribution in [2.75, 3.05) is 0 Å². The molecule has 0 fully saturated rings. The summed E-state index contributed by atoms with van der Waals surface area (Å²) in [5.74, 6) is 0. The molecule has 5 heavy (non-hydrogen) atoms. The smallest absolute Gasteiger partial charge is 0.140 e. The molecule has 0 atom stereocenters. The van der Waals surface area contributed by atoms with Gasteiger partial charge in [0.2, 0.25) is 0 Å². The Hall–Kier alpha value is 0.864. The number of carbonyl (C=O) groups excluding carboxylic acids is 1. The monoisotopic (exact) mass is 167 g/mol. The van der Waals surface area contributed by atoms with Gasteiger partial charge in [0.05, 0.1) is 0 Å². The first kappa shape index (κ1) is 9.29. The number of halogens is 1. The Morgan fingerprint density at radius 2 is 1.80 bits per heavy atom. The van der Waals surface area contributed by atoms with E-state index in [-0.39, 0.29) is 32.7 Å². The van der Waals surface area contributed by atoms with Gasteiger partial charge < -0.3 is 10.5 Å². The van der Waals surface area contributed by atoms with Gasteiger partial charge >= 0.3 is 0 Å². The van der Waals surface area contributed by atoms with Crippen LogP contribution in [0, 0.1) is 0 Å². The SMILES string of the molecule is [NH-]C(=O)Cl.[Y]. The zero-order valence-corrected chi connectivity index (χ0v) is 5.96. The second-order valence-electron chi connectivity index (χ2n) is 0.274. The van der Waals surface area contributed by atoms with Crippen LogP contribution >= 0.6 is 11.6 Å². The predicted octanol–water partition coefficient (Wildman–Crippen LogP) is 1.39. The molecule has 2 nitrogen and oxygen atoms in total. The quantitative estimate of drug-likeness (QED) is 0.397. The summed E-state index contributed by atoms with van der Waals surface area (Å²) in [6.45, 7) is 0. The van der Waals surface area contributed by atoms with Crippen LogP contribution in [0.1, 0.15) is 0 Å². The first-order valence-corrected chi connectivity index (χ1v) is 1.02. The van der Waals surface area contributed by atoms with Gasteiger partial charge in [0.15, 0.2) is 0 Å². The van der Waals surface area contributed by atoms with Crippen molar-refractivity contribution in [3.63, 3.8) is 0 Å². The van der Waals surface area contributed by atoms with Crippen molar-refractivity contribution in [2.45, 2.75) is 0 Å². The Kier molecular flexibility index (Phi) is 9.04. The van der Waals surface area contributed by atoms with E-state index in [9.17, 15) is 0 Å². The fourth-order valence-electron chi connectivity index (χ4n) is 0. The molecule has 0 rings (SSSR count). The van der Waals surface area contributed by atoms with Gasteiger partial charge in [-0.2, -0.15) is 0 Å². The van der Waals surface area contributed by atoms with Crippen molar-refractivity contribution in [1.29, 1.82) is 0 Å². The van der Waals surface area contributed by atoms with Crippen LogP contribution < -0.4 is 0 Å². The number of amides is 1. The van der Waals surface area contributed by atoms with E-state index in [4.69, 9.17) is 10.5 Å². The molecule has 0 aromatic carbocycles. The average Bonchev–Trinajstić information content (AvgIpc) is 0.811. The molecule has 0 saturated heterocycles. The molecular formula is CHClNOY-. The molecule has 4 heteroatoms. The van der Waals surface area contributed by atoms with Gasteiger partial charge in [-0.1, -0.05) is 11.6 Å². The number of hydrogen-bond acceptors (Lipinski definition) is 1. The Balaban J connectivity index is 0. The van der Waals surface area contributed by atoms with Crippen molar-refractivity contribution in [3.05, 3.63) is 5.73 Å². The number of carbonyl (C=O) groups is 1. The first-order valence-electron chi connectivity index (χ1n) is 0.643. The molecule has 0 aliphatic heterocycles. The summed E-state index contributed by atoms with van der Waals surface area (Å²) >= 11 is 4.30. The van der Waals surface area contributed by atoms with Crippen LogP contribution in [0.15, 0.2) is 0 Å². The molecule has 0 aromatic heterocycles. The Morgan fingerprint density at radius 1 is 1.80 bits per heavy atom. The van der Waals surface area contributed by atoms with Gasteiger partial charge in [-0.05, 0) is 0 Å². The van der Waals surface area contributed by atoms with E-state index in [1.807, 2.05) is 0 Å². The maximum atomic E-state index is 8.88. The molecule has 0 unspecified atom stereocenters. The summed E-state index contributed by atoms with van der Waals surface area (Å²) in [6, 6.07) is 0. The molecule has 0 aromatic rings. The van der Waals surface area contributed by atoms with Crippen molar-refractivity contribution in [1.82, 2.24) is 0 Å². The third kappa shape index (κ3) is 53.5. The summed E-state index contributed by atoms with van der Waals surface area (Å²) in [5.41, 5.74) is 5.71. The fourth-order valence-corrected chi connectivity index (χ4v) is 0. The van der Waals surface area contributed by atoms with Gasteiger partial charge in [0.25, 0.3) is 0 Å². The fraction of sp³-hybridized carbons (Fsp3) is 0. The van der Waals surface area contributed by atoms with E-state index in [2.05, 4.69) is 11.6 Å². The predicted molar refractivity (Wildman–Crippen MR) is 15.6 cm³/mol. The van der Waals surface area contributed by atoms with Gasteiger partial charge in [-0.25, -0.2) is 0 Å². The molecule has 1 N–H and O–H groups in total. The minimum absolute atomic E-state index is 0. The number of rotatable bonds is 0. The summed E-state index contributed by atoms with van der Waals surface area (Å²) in [5, 5.41) is -1.11. The minimum atomic E-state index is -1.11. The van der Waals surface area contributed by atoms with Crippen LogP contribution in [0.3, 0.4) is 0 Å².